The van der Waals surface area contributed by atoms with Crippen LogP contribution < -0.4 is 11.1 Å². The van der Waals surface area contributed by atoms with Crippen molar-refractivity contribution < 1.29 is 9.59 Å². The smallest absolute Gasteiger partial charge is 0.241 e. The lowest BCUT2D eigenvalue weighted by atomic mass is 9.99. The molecule has 37 heavy (non-hydrogen) atoms. The number of aromatic amines is 1. The van der Waals surface area contributed by atoms with Crippen LogP contribution in [-0.2, 0) is 23.2 Å². The molecule has 1 unspecified atom stereocenters. The Kier molecular flexibility index (Phi) is 8.50. The molecule has 4 aromatic rings. The molecule has 0 aliphatic heterocycles. The molecule has 0 saturated carbocycles. The number of aryl methyl sites for hydroxylation is 2. The Morgan fingerprint density at radius 1 is 1.03 bits per heavy atom. The quantitative estimate of drug-likeness (QED) is 0.241. The highest BCUT2D eigenvalue weighted by Gasteiger charge is 2.17. The molecule has 3 heterocycles. The van der Waals surface area contributed by atoms with Gasteiger partial charge in [0.1, 0.15) is 12.4 Å². The van der Waals surface area contributed by atoms with E-state index >= 15 is 0 Å². The number of hydrogen-bond donors (Lipinski definition) is 3. The standard InChI is InChI=1S/C27H34N8O2/c1-19-12-15-35(32-19)18-26(37)29-16-22(6-4-3-5-7-25(28)36)27-30-17-24(31-27)21-10-8-20(9-11-21)23-13-14-34(2)33-23/h8-15,17,22H,3-7,16,18H2,1-2H3,(H2,28,36)(H,29,37)(H,30,31). The number of benzene rings is 1. The van der Waals surface area contributed by atoms with E-state index in [9.17, 15) is 9.59 Å². The largest absolute Gasteiger partial charge is 0.370 e. The van der Waals surface area contributed by atoms with Crippen LogP contribution in [0.15, 0.2) is 55.0 Å². The molecule has 0 saturated heterocycles. The number of hydrogen-bond acceptors (Lipinski definition) is 5. The number of aromatic nitrogens is 6. The summed E-state index contributed by atoms with van der Waals surface area (Å²) in [5.74, 6) is 0.466. The van der Waals surface area contributed by atoms with Gasteiger partial charge in [0.15, 0.2) is 0 Å². The fraction of sp³-hybridized carbons (Fsp3) is 0.370. The van der Waals surface area contributed by atoms with Gasteiger partial charge in [-0.3, -0.25) is 19.0 Å². The molecule has 0 spiro atoms. The molecular weight excluding hydrogens is 468 g/mol. The van der Waals surface area contributed by atoms with E-state index in [1.807, 2.05) is 62.8 Å². The monoisotopic (exact) mass is 502 g/mol. The minimum Gasteiger partial charge on any atom is -0.370 e. The number of carbonyl (C=O) groups excluding carboxylic acids is 2. The molecule has 3 aromatic heterocycles. The summed E-state index contributed by atoms with van der Waals surface area (Å²) < 4.78 is 3.41. The highest BCUT2D eigenvalue weighted by molar-refractivity contribution is 5.75. The normalized spacial score (nSPS) is 11.9. The Hall–Kier alpha value is -4.21. The van der Waals surface area contributed by atoms with Crippen molar-refractivity contribution in [2.24, 2.45) is 12.8 Å². The summed E-state index contributed by atoms with van der Waals surface area (Å²) in [7, 11) is 1.90. The summed E-state index contributed by atoms with van der Waals surface area (Å²) >= 11 is 0. The molecule has 1 atom stereocenters. The minimum absolute atomic E-state index is 0.0124. The van der Waals surface area contributed by atoms with Gasteiger partial charge in [0.05, 0.1) is 23.3 Å². The van der Waals surface area contributed by atoms with E-state index < -0.39 is 0 Å². The van der Waals surface area contributed by atoms with E-state index in [1.54, 1.807) is 15.6 Å². The van der Waals surface area contributed by atoms with Gasteiger partial charge in [-0.25, -0.2) is 4.98 Å². The summed E-state index contributed by atoms with van der Waals surface area (Å²) in [6, 6.07) is 12.0. The third kappa shape index (κ3) is 7.39. The fourth-order valence-electron chi connectivity index (χ4n) is 4.27. The molecule has 10 nitrogen and oxygen atoms in total. The van der Waals surface area contributed by atoms with Crippen LogP contribution in [0.3, 0.4) is 0 Å². The van der Waals surface area contributed by atoms with Crippen molar-refractivity contribution in [2.45, 2.75) is 51.5 Å². The van der Waals surface area contributed by atoms with Crippen molar-refractivity contribution in [3.05, 3.63) is 66.5 Å². The van der Waals surface area contributed by atoms with Gasteiger partial charge in [0, 0.05) is 43.9 Å². The molecular formula is C27H34N8O2. The zero-order valence-corrected chi connectivity index (χ0v) is 21.4. The van der Waals surface area contributed by atoms with E-state index in [-0.39, 0.29) is 24.3 Å². The molecule has 10 heteroatoms. The molecule has 0 aliphatic rings. The topological polar surface area (TPSA) is 137 Å². The molecule has 4 N–H and O–H groups in total. The number of unbranched alkanes of at least 4 members (excludes halogenated alkanes) is 2. The third-order valence-corrected chi connectivity index (χ3v) is 6.29. The number of carbonyl (C=O) groups is 2. The summed E-state index contributed by atoms with van der Waals surface area (Å²) in [6.45, 7) is 2.52. The maximum Gasteiger partial charge on any atom is 0.241 e. The van der Waals surface area contributed by atoms with Crippen molar-refractivity contribution in [3.63, 3.8) is 0 Å². The van der Waals surface area contributed by atoms with E-state index in [4.69, 9.17) is 5.73 Å². The predicted molar refractivity (Wildman–Crippen MR) is 141 cm³/mol. The number of nitrogens with one attached hydrogen (secondary N) is 2. The minimum atomic E-state index is -0.276. The SMILES string of the molecule is Cc1ccn(CC(=O)NCC(CCCCCC(N)=O)c2ncc(-c3ccc(-c4ccn(C)n4)cc3)[nH]2)n1. The Morgan fingerprint density at radius 3 is 2.49 bits per heavy atom. The molecule has 0 bridgehead atoms. The number of rotatable bonds is 13. The maximum absolute atomic E-state index is 12.5. The summed E-state index contributed by atoms with van der Waals surface area (Å²) in [6.07, 6.45) is 9.33. The highest BCUT2D eigenvalue weighted by Crippen LogP contribution is 2.26. The van der Waals surface area contributed by atoms with Crippen LogP contribution in [-0.4, -0.2) is 47.9 Å². The lowest BCUT2D eigenvalue weighted by molar-refractivity contribution is -0.122. The molecule has 0 aliphatic carbocycles. The number of nitrogens with two attached hydrogens (primary N) is 1. The van der Waals surface area contributed by atoms with E-state index in [1.165, 1.54) is 0 Å². The second kappa shape index (κ2) is 12.2. The van der Waals surface area contributed by atoms with Crippen molar-refractivity contribution >= 4 is 11.8 Å². The van der Waals surface area contributed by atoms with Gasteiger partial charge in [0.25, 0.3) is 0 Å². The lowest BCUT2D eigenvalue weighted by Gasteiger charge is -2.16. The number of H-pyrrole nitrogens is 1. The number of amides is 2. The van der Waals surface area contributed by atoms with E-state index in [0.29, 0.717) is 13.0 Å². The zero-order valence-electron chi connectivity index (χ0n) is 21.4. The zero-order chi connectivity index (χ0) is 26.2. The van der Waals surface area contributed by atoms with Crippen LogP contribution >= 0.6 is 0 Å². The number of nitrogens with zero attached hydrogens (tertiary/aromatic N) is 5. The van der Waals surface area contributed by atoms with Crippen LogP contribution in [0.2, 0.25) is 0 Å². The molecule has 0 fully saturated rings. The Labute approximate surface area is 216 Å². The van der Waals surface area contributed by atoms with E-state index in [2.05, 4.69) is 25.5 Å². The van der Waals surface area contributed by atoms with Gasteiger partial charge in [0.2, 0.25) is 11.8 Å². The van der Waals surface area contributed by atoms with Gasteiger partial charge >= 0.3 is 0 Å². The van der Waals surface area contributed by atoms with E-state index in [0.717, 1.165) is 59.7 Å². The first-order valence-corrected chi connectivity index (χ1v) is 12.6. The summed E-state index contributed by atoms with van der Waals surface area (Å²) in [5.41, 5.74) is 10.1. The Morgan fingerprint density at radius 2 is 1.81 bits per heavy atom. The highest BCUT2D eigenvalue weighted by atomic mass is 16.2. The first-order valence-electron chi connectivity index (χ1n) is 12.6. The van der Waals surface area contributed by atoms with Crippen LogP contribution in [0.4, 0.5) is 0 Å². The van der Waals surface area contributed by atoms with Crippen molar-refractivity contribution in [2.75, 3.05) is 6.54 Å². The van der Waals surface area contributed by atoms with Gasteiger partial charge < -0.3 is 16.0 Å². The molecule has 194 valence electrons. The molecule has 4 rings (SSSR count). The van der Waals surface area contributed by atoms with Crippen molar-refractivity contribution in [3.8, 4) is 22.5 Å². The maximum atomic E-state index is 12.5. The van der Waals surface area contributed by atoms with Gasteiger partial charge in [-0.2, -0.15) is 10.2 Å². The van der Waals surface area contributed by atoms with Crippen molar-refractivity contribution in [1.82, 2.24) is 34.8 Å². The third-order valence-electron chi connectivity index (χ3n) is 6.29. The second-order valence-electron chi connectivity index (χ2n) is 9.36. The average molecular weight is 503 g/mol. The average Bonchev–Trinajstić information content (AvgIpc) is 3.62. The van der Waals surface area contributed by atoms with Gasteiger partial charge in [-0.1, -0.05) is 37.1 Å². The first-order chi connectivity index (χ1) is 17.9. The Bertz CT molecular complexity index is 1320. The first kappa shape index (κ1) is 25.9. The fourth-order valence-corrected chi connectivity index (χ4v) is 4.27. The van der Waals surface area contributed by atoms with Gasteiger partial charge in [-0.05, 0) is 37.5 Å². The summed E-state index contributed by atoms with van der Waals surface area (Å²) in [5, 5.41) is 11.8. The lowest BCUT2D eigenvalue weighted by Crippen LogP contribution is -2.32. The molecule has 0 radical (unpaired) electrons. The predicted octanol–water partition coefficient (Wildman–Crippen LogP) is 3.32. The van der Waals surface area contributed by atoms with Gasteiger partial charge in [-0.15, -0.1) is 0 Å². The molecule has 1 aromatic carbocycles. The van der Waals surface area contributed by atoms with Crippen molar-refractivity contribution in [1.29, 1.82) is 0 Å². The second-order valence-corrected chi connectivity index (χ2v) is 9.36. The van der Waals surface area contributed by atoms with Crippen LogP contribution in [0.25, 0.3) is 22.5 Å². The number of imidazole rings is 1. The summed E-state index contributed by atoms with van der Waals surface area (Å²) in [4.78, 5) is 31.7. The molecule has 2 amide bonds. The van der Waals surface area contributed by atoms with Crippen LogP contribution in [0, 0.1) is 6.92 Å². The van der Waals surface area contributed by atoms with Crippen LogP contribution in [0.5, 0.6) is 0 Å². The van der Waals surface area contributed by atoms with Crippen LogP contribution in [0.1, 0.15) is 49.5 Å². The Balaban J connectivity index is 1.41. The number of primary amides is 1.